The second-order valence-corrected chi connectivity index (χ2v) is 4.83. The Morgan fingerprint density at radius 1 is 1.16 bits per heavy atom. The lowest BCUT2D eigenvalue weighted by molar-refractivity contribution is -0.140. The summed E-state index contributed by atoms with van der Waals surface area (Å²) in [5, 5.41) is 0. The predicted molar refractivity (Wildman–Crippen MR) is 74.2 cm³/mol. The number of esters is 1. The molecule has 0 fully saturated rings. The molecular weight excluding hydrogens is 242 g/mol. The Balaban J connectivity index is 2.86. The molecule has 1 aromatic rings. The van der Waals surface area contributed by atoms with Crippen molar-refractivity contribution in [3.8, 4) is 0 Å². The van der Waals surface area contributed by atoms with Crippen molar-refractivity contribution in [3.05, 3.63) is 34.4 Å². The topological polar surface area (TPSA) is 46.6 Å². The number of hydrogen-bond acceptors (Lipinski definition) is 3. The minimum atomic E-state index is -0.308. The molecule has 0 N–H and O–H groups in total. The third-order valence-electron chi connectivity index (χ3n) is 3.12. The highest BCUT2D eigenvalue weighted by Gasteiger charge is 2.17. The van der Waals surface area contributed by atoms with Gasteiger partial charge in [-0.2, -0.15) is 0 Å². The van der Waals surface area contributed by atoms with Crippen LogP contribution in [0.3, 0.4) is 0 Å². The third-order valence-corrected chi connectivity index (χ3v) is 3.12. The fraction of sp³-hybridized carbons (Fsp3) is 0.467. The van der Waals surface area contributed by atoms with Crippen LogP contribution >= 0.6 is 0 Å². The molecule has 1 amide bonds. The van der Waals surface area contributed by atoms with E-state index in [0.717, 1.165) is 22.3 Å². The normalized spacial score (nSPS) is 10.2. The van der Waals surface area contributed by atoms with E-state index >= 15 is 0 Å². The molecule has 1 rings (SSSR count). The minimum Gasteiger partial charge on any atom is -0.469 e. The van der Waals surface area contributed by atoms with Crippen molar-refractivity contribution in [2.75, 3.05) is 20.7 Å². The van der Waals surface area contributed by atoms with Crippen LogP contribution in [0.15, 0.2) is 12.1 Å². The zero-order chi connectivity index (χ0) is 14.6. The van der Waals surface area contributed by atoms with Crippen LogP contribution in [-0.4, -0.2) is 37.5 Å². The van der Waals surface area contributed by atoms with Gasteiger partial charge >= 0.3 is 5.97 Å². The Morgan fingerprint density at radius 3 is 2.16 bits per heavy atom. The highest BCUT2D eigenvalue weighted by Crippen LogP contribution is 2.18. The summed E-state index contributed by atoms with van der Waals surface area (Å²) in [5.41, 5.74) is 3.79. The Hall–Kier alpha value is -1.84. The van der Waals surface area contributed by atoms with Crippen LogP contribution in [0.5, 0.6) is 0 Å². The average molecular weight is 263 g/mol. The standard InChI is InChI=1S/C15H21NO3/c1-10-8-11(2)14(12(3)9-10)15(18)16(4)7-6-13(17)19-5/h8-9H,6-7H2,1-5H3. The molecule has 0 bridgehead atoms. The third kappa shape index (κ3) is 3.81. The summed E-state index contributed by atoms with van der Waals surface area (Å²) >= 11 is 0. The number of hydrogen-bond donors (Lipinski definition) is 0. The summed E-state index contributed by atoms with van der Waals surface area (Å²) in [7, 11) is 3.04. The van der Waals surface area contributed by atoms with Crippen LogP contribution in [0.25, 0.3) is 0 Å². The first kappa shape index (κ1) is 15.2. The summed E-state index contributed by atoms with van der Waals surface area (Å²) in [6.07, 6.45) is 0.211. The molecule has 0 aromatic heterocycles. The molecule has 0 heterocycles. The minimum absolute atomic E-state index is 0.0566. The van der Waals surface area contributed by atoms with E-state index in [-0.39, 0.29) is 18.3 Å². The van der Waals surface area contributed by atoms with Crippen molar-refractivity contribution in [2.24, 2.45) is 0 Å². The second kappa shape index (κ2) is 6.36. The summed E-state index contributed by atoms with van der Waals surface area (Å²) in [6, 6.07) is 3.99. The lowest BCUT2D eigenvalue weighted by Gasteiger charge is -2.19. The van der Waals surface area contributed by atoms with Crippen LogP contribution in [0.1, 0.15) is 33.5 Å². The molecule has 19 heavy (non-hydrogen) atoms. The van der Waals surface area contributed by atoms with Gasteiger partial charge in [-0.25, -0.2) is 0 Å². The van der Waals surface area contributed by atoms with Gasteiger partial charge in [-0.3, -0.25) is 9.59 Å². The average Bonchev–Trinajstić information content (AvgIpc) is 2.33. The van der Waals surface area contributed by atoms with Crippen LogP contribution in [0.4, 0.5) is 0 Å². The smallest absolute Gasteiger partial charge is 0.307 e. The molecule has 0 spiro atoms. The molecule has 0 saturated heterocycles. The number of ether oxygens (including phenoxy) is 1. The molecule has 1 aromatic carbocycles. The van der Waals surface area contributed by atoms with Crippen LogP contribution in [0.2, 0.25) is 0 Å². The Bertz CT molecular complexity index is 471. The fourth-order valence-electron chi connectivity index (χ4n) is 2.17. The number of carbonyl (C=O) groups is 2. The van der Waals surface area contributed by atoms with Crippen molar-refractivity contribution in [1.82, 2.24) is 4.90 Å². The van der Waals surface area contributed by atoms with E-state index < -0.39 is 0 Å². The van der Waals surface area contributed by atoms with E-state index in [0.29, 0.717) is 6.54 Å². The molecule has 0 aliphatic carbocycles. The number of amides is 1. The van der Waals surface area contributed by atoms with Gasteiger partial charge < -0.3 is 9.64 Å². The number of rotatable bonds is 4. The maximum Gasteiger partial charge on any atom is 0.307 e. The van der Waals surface area contributed by atoms with Crippen LogP contribution in [-0.2, 0) is 9.53 Å². The van der Waals surface area contributed by atoms with Gasteiger partial charge in [0, 0.05) is 19.2 Å². The van der Waals surface area contributed by atoms with Gasteiger partial charge in [0.2, 0.25) is 0 Å². The van der Waals surface area contributed by atoms with Gasteiger partial charge in [-0.05, 0) is 31.9 Å². The predicted octanol–water partition coefficient (Wildman–Crippen LogP) is 2.25. The van der Waals surface area contributed by atoms with Crippen molar-refractivity contribution in [2.45, 2.75) is 27.2 Å². The summed E-state index contributed by atoms with van der Waals surface area (Å²) < 4.78 is 4.57. The van der Waals surface area contributed by atoms with Gasteiger partial charge in [0.1, 0.15) is 0 Å². The summed E-state index contributed by atoms with van der Waals surface area (Å²) in [4.78, 5) is 25.0. The Kier molecular flexibility index (Phi) is 5.10. The first-order chi connectivity index (χ1) is 8.86. The van der Waals surface area contributed by atoms with Gasteiger partial charge in [-0.15, -0.1) is 0 Å². The lowest BCUT2D eigenvalue weighted by Crippen LogP contribution is -2.30. The molecule has 104 valence electrons. The number of methoxy groups -OCH3 is 1. The number of benzene rings is 1. The number of carbonyl (C=O) groups excluding carboxylic acids is 2. The molecule has 0 unspecified atom stereocenters. The maximum absolute atomic E-state index is 12.4. The van der Waals surface area contributed by atoms with Crippen LogP contribution in [0, 0.1) is 20.8 Å². The van der Waals surface area contributed by atoms with E-state index in [1.165, 1.54) is 7.11 Å². The van der Waals surface area contributed by atoms with Gasteiger partial charge in [0.15, 0.2) is 0 Å². The molecule has 0 saturated carbocycles. The van der Waals surface area contributed by atoms with E-state index in [4.69, 9.17) is 0 Å². The van der Waals surface area contributed by atoms with Gasteiger partial charge in [0.05, 0.1) is 13.5 Å². The quantitative estimate of drug-likeness (QED) is 0.783. The highest BCUT2D eigenvalue weighted by atomic mass is 16.5. The maximum atomic E-state index is 12.4. The van der Waals surface area contributed by atoms with Crippen LogP contribution < -0.4 is 0 Å². The number of nitrogens with zero attached hydrogens (tertiary/aromatic N) is 1. The van der Waals surface area contributed by atoms with Gasteiger partial charge in [0.25, 0.3) is 5.91 Å². The molecule has 0 radical (unpaired) electrons. The van der Waals surface area contributed by atoms with E-state index in [2.05, 4.69) is 4.74 Å². The Labute approximate surface area is 114 Å². The van der Waals surface area contributed by atoms with E-state index in [1.54, 1.807) is 11.9 Å². The summed E-state index contributed by atoms with van der Waals surface area (Å²) in [5.74, 6) is -0.365. The SMILES string of the molecule is COC(=O)CCN(C)C(=O)c1c(C)cc(C)cc1C. The molecule has 4 heteroatoms. The monoisotopic (exact) mass is 263 g/mol. The number of aryl methyl sites for hydroxylation is 3. The molecule has 4 nitrogen and oxygen atoms in total. The zero-order valence-corrected chi connectivity index (χ0v) is 12.2. The highest BCUT2D eigenvalue weighted by molar-refractivity contribution is 5.97. The molecule has 0 aliphatic heterocycles. The first-order valence-electron chi connectivity index (χ1n) is 6.27. The fourth-order valence-corrected chi connectivity index (χ4v) is 2.17. The lowest BCUT2D eigenvalue weighted by atomic mass is 9.99. The zero-order valence-electron chi connectivity index (χ0n) is 12.2. The molecular formula is C15H21NO3. The Morgan fingerprint density at radius 2 is 1.68 bits per heavy atom. The summed E-state index contributed by atoms with van der Waals surface area (Å²) in [6.45, 7) is 6.23. The van der Waals surface area contributed by atoms with Crippen molar-refractivity contribution < 1.29 is 14.3 Å². The van der Waals surface area contributed by atoms with Gasteiger partial charge in [-0.1, -0.05) is 17.7 Å². The van der Waals surface area contributed by atoms with E-state index in [1.807, 2.05) is 32.9 Å². The first-order valence-corrected chi connectivity index (χ1v) is 6.27. The van der Waals surface area contributed by atoms with Crippen molar-refractivity contribution in [1.29, 1.82) is 0 Å². The van der Waals surface area contributed by atoms with E-state index in [9.17, 15) is 9.59 Å². The second-order valence-electron chi connectivity index (χ2n) is 4.83. The molecule has 0 atom stereocenters. The van der Waals surface area contributed by atoms with Crippen molar-refractivity contribution >= 4 is 11.9 Å². The van der Waals surface area contributed by atoms with Crippen molar-refractivity contribution in [3.63, 3.8) is 0 Å². The largest absolute Gasteiger partial charge is 0.469 e. The molecule has 0 aliphatic rings.